The summed E-state index contributed by atoms with van der Waals surface area (Å²) in [6, 6.07) is 5.52. The predicted octanol–water partition coefficient (Wildman–Crippen LogP) is 2.33. The van der Waals surface area contributed by atoms with E-state index in [2.05, 4.69) is 10.6 Å². The summed E-state index contributed by atoms with van der Waals surface area (Å²) in [5, 5.41) is 5.56. The molecule has 0 radical (unpaired) electrons. The lowest BCUT2D eigenvalue weighted by molar-refractivity contribution is -0.131. The van der Waals surface area contributed by atoms with Gasteiger partial charge in [0.15, 0.2) is 17.8 Å². The van der Waals surface area contributed by atoms with Crippen molar-refractivity contribution in [3.05, 3.63) is 23.8 Å². The van der Waals surface area contributed by atoms with Gasteiger partial charge < -0.3 is 29.6 Å². The molecular formula is C18H30N2O5. The van der Waals surface area contributed by atoms with Crippen LogP contribution in [0.2, 0.25) is 0 Å². The first kappa shape index (κ1) is 21.1. The lowest BCUT2D eigenvalue weighted by Crippen LogP contribution is -2.42. The fourth-order valence-corrected chi connectivity index (χ4v) is 2.24. The van der Waals surface area contributed by atoms with Gasteiger partial charge in [-0.15, -0.1) is 0 Å². The van der Waals surface area contributed by atoms with E-state index in [0.717, 1.165) is 11.3 Å². The van der Waals surface area contributed by atoms with Crippen LogP contribution >= 0.6 is 0 Å². The van der Waals surface area contributed by atoms with Crippen LogP contribution in [0.1, 0.15) is 26.3 Å². The number of carbonyl (C=O) groups excluding carboxylic acids is 1. The smallest absolute Gasteiger partial charge is 0.314 e. The maximum Gasteiger partial charge on any atom is 0.314 e. The summed E-state index contributed by atoms with van der Waals surface area (Å²) in [5.74, 6) is 1.41. The van der Waals surface area contributed by atoms with Crippen molar-refractivity contribution in [1.29, 1.82) is 0 Å². The van der Waals surface area contributed by atoms with Gasteiger partial charge in [0, 0.05) is 19.8 Å². The zero-order valence-corrected chi connectivity index (χ0v) is 15.6. The molecule has 2 amide bonds. The van der Waals surface area contributed by atoms with Crippen molar-refractivity contribution >= 4 is 6.03 Å². The first-order chi connectivity index (χ1) is 12.1. The highest BCUT2D eigenvalue weighted by Crippen LogP contribution is 2.28. The molecule has 7 nitrogen and oxygen atoms in total. The Bertz CT molecular complexity index is 504. The second-order valence-corrected chi connectivity index (χ2v) is 5.15. The van der Waals surface area contributed by atoms with Crippen LogP contribution in [0.5, 0.6) is 11.5 Å². The number of nitrogens with one attached hydrogen (secondary N) is 2. The highest BCUT2D eigenvalue weighted by Gasteiger charge is 2.10. The molecule has 0 aliphatic carbocycles. The molecule has 0 aromatic heterocycles. The standard InChI is InChI=1S/C18H30N2O5/c1-5-23-15-9-8-14(12-16(15)22-4)10-11-19-18(21)20-13-17(24-6-2)25-7-3/h8-9,12,17H,5-7,10-11,13H2,1-4H3,(H2,19,20,21). The lowest BCUT2D eigenvalue weighted by Gasteiger charge is -2.17. The summed E-state index contributed by atoms with van der Waals surface area (Å²) < 4.78 is 21.6. The Morgan fingerprint density at radius 2 is 1.76 bits per heavy atom. The van der Waals surface area contributed by atoms with Gasteiger partial charge in [0.05, 0.1) is 20.3 Å². The molecule has 0 heterocycles. The Balaban J connectivity index is 2.37. The summed E-state index contributed by atoms with van der Waals surface area (Å²) >= 11 is 0. The van der Waals surface area contributed by atoms with Crippen LogP contribution in [-0.4, -0.2) is 52.3 Å². The maximum atomic E-state index is 11.8. The third-order valence-electron chi connectivity index (χ3n) is 3.36. The highest BCUT2D eigenvalue weighted by atomic mass is 16.7. The van der Waals surface area contributed by atoms with Crippen LogP contribution in [0.15, 0.2) is 18.2 Å². The Labute approximate surface area is 150 Å². The van der Waals surface area contributed by atoms with Crippen LogP contribution in [0.3, 0.4) is 0 Å². The summed E-state index contributed by atoms with van der Waals surface area (Å²) in [6.07, 6.45) is 0.271. The maximum absolute atomic E-state index is 11.8. The van der Waals surface area contributed by atoms with Crippen LogP contribution in [0, 0.1) is 0 Å². The molecule has 0 fully saturated rings. The minimum atomic E-state index is -0.420. The monoisotopic (exact) mass is 354 g/mol. The number of benzene rings is 1. The largest absolute Gasteiger partial charge is 0.493 e. The van der Waals surface area contributed by atoms with E-state index < -0.39 is 6.29 Å². The molecular weight excluding hydrogens is 324 g/mol. The minimum Gasteiger partial charge on any atom is -0.493 e. The molecule has 7 heteroatoms. The van der Waals surface area contributed by atoms with Gasteiger partial charge in [0.2, 0.25) is 0 Å². The first-order valence-corrected chi connectivity index (χ1v) is 8.69. The predicted molar refractivity (Wildman–Crippen MR) is 96.3 cm³/mol. The molecule has 1 aromatic rings. The van der Waals surface area contributed by atoms with Crippen molar-refractivity contribution in [3.63, 3.8) is 0 Å². The zero-order valence-electron chi connectivity index (χ0n) is 15.6. The Morgan fingerprint density at radius 1 is 1.04 bits per heavy atom. The van der Waals surface area contributed by atoms with E-state index in [9.17, 15) is 4.79 Å². The van der Waals surface area contributed by atoms with Gasteiger partial charge in [-0.2, -0.15) is 0 Å². The lowest BCUT2D eigenvalue weighted by atomic mass is 10.1. The quantitative estimate of drug-likeness (QED) is 0.563. The fourth-order valence-electron chi connectivity index (χ4n) is 2.24. The van der Waals surface area contributed by atoms with Crippen molar-refractivity contribution in [1.82, 2.24) is 10.6 Å². The van der Waals surface area contributed by atoms with E-state index in [4.69, 9.17) is 18.9 Å². The number of carbonyl (C=O) groups is 1. The second kappa shape index (κ2) is 12.4. The molecule has 0 atom stereocenters. The third kappa shape index (κ3) is 8.09. The zero-order chi connectivity index (χ0) is 18.5. The highest BCUT2D eigenvalue weighted by molar-refractivity contribution is 5.73. The molecule has 0 unspecified atom stereocenters. The van der Waals surface area contributed by atoms with Crippen LogP contribution in [0.4, 0.5) is 4.79 Å². The van der Waals surface area contributed by atoms with Gasteiger partial charge in [-0.25, -0.2) is 4.79 Å². The van der Waals surface area contributed by atoms with Gasteiger partial charge in [-0.1, -0.05) is 6.07 Å². The number of rotatable bonds is 12. The van der Waals surface area contributed by atoms with Crippen LogP contribution in [0.25, 0.3) is 0 Å². The molecule has 0 saturated carbocycles. The first-order valence-electron chi connectivity index (χ1n) is 8.69. The number of methoxy groups -OCH3 is 1. The van der Waals surface area contributed by atoms with E-state index >= 15 is 0 Å². The average molecular weight is 354 g/mol. The van der Waals surface area contributed by atoms with Crippen molar-refractivity contribution in [2.75, 3.05) is 40.0 Å². The van der Waals surface area contributed by atoms with E-state index in [1.54, 1.807) is 7.11 Å². The summed E-state index contributed by atoms with van der Waals surface area (Å²) in [4.78, 5) is 11.8. The molecule has 0 spiro atoms. The van der Waals surface area contributed by atoms with Gasteiger partial charge in [-0.3, -0.25) is 0 Å². The fraction of sp³-hybridized carbons (Fsp3) is 0.611. The number of urea groups is 1. The number of hydrogen-bond acceptors (Lipinski definition) is 5. The SMILES string of the molecule is CCOc1ccc(CCNC(=O)NCC(OCC)OCC)cc1OC. The number of amides is 2. The topological polar surface area (TPSA) is 78.1 Å². The van der Waals surface area contributed by atoms with Crippen molar-refractivity contribution in [2.24, 2.45) is 0 Å². The Kier molecular flexibility index (Phi) is 10.4. The van der Waals surface area contributed by atoms with Crippen molar-refractivity contribution < 1.29 is 23.7 Å². The van der Waals surface area contributed by atoms with Gasteiger partial charge in [0.25, 0.3) is 0 Å². The van der Waals surface area contributed by atoms with Gasteiger partial charge in [-0.05, 0) is 44.9 Å². The van der Waals surface area contributed by atoms with Gasteiger partial charge >= 0.3 is 6.03 Å². The average Bonchev–Trinajstić information content (AvgIpc) is 2.61. The molecule has 0 saturated heterocycles. The van der Waals surface area contributed by atoms with Crippen LogP contribution < -0.4 is 20.1 Å². The van der Waals surface area contributed by atoms with E-state index in [1.807, 2.05) is 39.0 Å². The molecule has 0 bridgehead atoms. The van der Waals surface area contributed by atoms with Gasteiger partial charge in [0.1, 0.15) is 0 Å². The Hall–Kier alpha value is -1.99. The molecule has 0 aliphatic rings. The normalized spacial score (nSPS) is 10.6. The molecule has 142 valence electrons. The molecule has 25 heavy (non-hydrogen) atoms. The number of hydrogen-bond donors (Lipinski definition) is 2. The molecule has 0 aliphatic heterocycles. The van der Waals surface area contributed by atoms with E-state index in [0.29, 0.717) is 45.1 Å². The van der Waals surface area contributed by atoms with E-state index in [1.165, 1.54) is 0 Å². The molecule has 1 rings (SSSR count). The van der Waals surface area contributed by atoms with Crippen molar-refractivity contribution in [2.45, 2.75) is 33.5 Å². The third-order valence-corrected chi connectivity index (χ3v) is 3.36. The second-order valence-electron chi connectivity index (χ2n) is 5.15. The Morgan fingerprint density at radius 3 is 2.36 bits per heavy atom. The minimum absolute atomic E-state index is 0.248. The molecule has 2 N–H and O–H groups in total. The van der Waals surface area contributed by atoms with E-state index in [-0.39, 0.29) is 6.03 Å². The number of ether oxygens (including phenoxy) is 4. The van der Waals surface area contributed by atoms with Crippen LogP contribution in [-0.2, 0) is 15.9 Å². The summed E-state index contributed by atoms with van der Waals surface area (Å²) in [5.41, 5.74) is 1.06. The molecule has 1 aromatic carbocycles. The summed E-state index contributed by atoms with van der Waals surface area (Å²) in [7, 11) is 1.61. The van der Waals surface area contributed by atoms with Crippen molar-refractivity contribution in [3.8, 4) is 11.5 Å². The summed E-state index contributed by atoms with van der Waals surface area (Å²) in [6.45, 7) is 8.18.